The van der Waals surface area contributed by atoms with Gasteiger partial charge in [0.25, 0.3) is 5.56 Å². The Bertz CT molecular complexity index is 1040. The van der Waals surface area contributed by atoms with Crippen molar-refractivity contribution in [2.75, 3.05) is 0 Å². The fourth-order valence-electron chi connectivity index (χ4n) is 3.18. The molecule has 3 rings (SSSR count). The number of aromatic nitrogens is 2. The molecule has 0 radical (unpaired) electrons. The molecule has 0 fully saturated rings. The van der Waals surface area contributed by atoms with Crippen LogP contribution in [0.4, 0.5) is 4.39 Å². The fourth-order valence-corrected chi connectivity index (χ4v) is 3.18. The number of halogens is 1. The Kier molecular flexibility index (Phi) is 6.21. The summed E-state index contributed by atoms with van der Waals surface area (Å²) in [6.45, 7) is 4.16. The van der Waals surface area contributed by atoms with E-state index in [1.807, 2.05) is 44.2 Å². The van der Waals surface area contributed by atoms with Crippen LogP contribution in [0.25, 0.3) is 0 Å². The van der Waals surface area contributed by atoms with E-state index in [0.29, 0.717) is 24.3 Å². The van der Waals surface area contributed by atoms with Crippen molar-refractivity contribution in [3.8, 4) is 0 Å². The first-order valence-corrected chi connectivity index (χ1v) is 9.17. The molecule has 0 saturated carbocycles. The summed E-state index contributed by atoms with van der Waals surface area (Å²) in [4.78, 5) is 27.3. The molecule has 0 atom stereocenters. The lowest BCUT2D eigenvalue weighted by Gasteiger charge is -2.18. The van der Waals surface area contributed by atoms with Crippen molar-refractivity contribution in [1.29, 1.82) is 0 Å². The maximum absolute atomic E-state index is 13.2. The summed E-state index contributed by atoms with van der Waals surface area (Å²) in [5.74, 6) is -0.414. The maximum atomic E-state index is 13.2. The van der Waals surface area contributed by atoms with E-state index in [-0.39, 0.29) is 18.5 Å². The maximum Gasteiger partial charge on any atom is 0.330 e. The Morgan fingerprint density at radius 1 is 1.00 bits per heavy atom. The van der Waals surface area contributed by atoms with Crippen LogP contribution >= 0.6 is 0 Å². The molecule has 0 spiro atoms. The number of hydrogen-bond acceptors (Lipinski definition) is 3. The highest BCUT2D eigenvalue weighted by atomic mass is 19.1. The number of hydrogen-bond donors (Lipinski definition) is 1. The van der Waals surface area contributed by atoms with Gasteiger partial charge in [-0.15, -0.1) is 0 Å². The zero-order chi connectivity index (χ0) is 20.1. The monoisotopic (exact) mass is 382 g/mol. The molecule has 28 heavy (non-hydrogen) atoms. The Hall–Kier alpha value is -2.99. The SMILES string of the molecule is CC(C)c1c(Cc2ccc(F)cc2)n(COCc2ccccc2)c(=O)[nH]c1=O. The summed E-state index contributed by atoms with van der Waals surface area (Å²) >= 11 is 0. The van der Waals surface area contributed by atoms with Crippen LogP contribution < -0.4 is 11.2 Å². The quantitative estimate of drug-likeness (QED) is 0.680. The topological polar surface area (TPSA) is 64.1 Å². The molecular formula is C22H23FN2O3. The van der Waals surface area contributed by atoms with E-state index in [4.69, 9.17) is 4.74 Å². The third-order valence-electron chi connectivity index (χ3n) is 4.54. The second-order valence-electron chi connectivity index (χ2n) is 6.97. The summed E-state index contributed by atoms with van der Waals surface area (Å²) in [6.07, 6.45) is 0.335. The lowest BCUT2D eigenvalue weighted by Crippen LogP contribution is -2.36. The first-order valence-electron chi connectivity index (χ1n) is 9.17. The molecule has 0 aliphatic rings. The highest BCUT2D eigenvalue weighted by molar-refractivity contribution is 5.29. The van der Waals surface area contributed by atoms with Crippen LogP contribution in [0.5, 0.6) is 0 Å². The second-order valence-corrected chi connectivity index (χ2v) is 6.97. The van der Waals surface area contributed by atoms with E-state index in [1.54, 1.807) is 12.1 Å². The number of aromatic amines is 1. The van der Waals surface area contributed by atoms with Gasteiger partial charge >= 0.3 is 5.69 Å². The van der Waals surface area contributed by atoms with Crippen LogP contribution in [0.1, 0.15) is 42.1 Å². The molecule has 0 aliphatic carbocycles. The zero-order valence-electron chi connectivity index (χ0n) is 15.9. The van der Waals surface area contributed by atoms with Crippen molar-refractivity contribution < 1.29 is 9.13 Å². The molecule has 0 aliphatic heterocycles. The van der Waals surface area contributed by atoms with Crippen LogP contribution in [-0.2, 0) is 24.5 Å². The molecule has 1 heterocycles. The minimum absolute atomic E-state index is 0.0146. The number of rotatable bonds is 7. The van der Waals surface area contributed by atoms with E-state index in [0.717, 1.165) is 11.1 Å². The standard InChI is InChI=1S/C22H23FN2O3/c1-15(2)20-19(12-16-8-10-18(23)11-9-16)25(22(27)24-21(20)26)14-28-13-17-6-4-3-5-7-17/h3-11,15H,12-14H2,1-2H3,(H,24,26,27). The zero-order valence-corrected chi connectivity index (χ0v) is 15.9. The van der Waals surface area contributed by atoms with Crippen molar-refractivity contribution in [3.63, 3.8) is 0 Å². The van der Waals surface area contributed by atoms with E-state index in [2.05, 4.69) is 4.98 Å². The predicted molar refractivity (Wildman–Crippen MR) is 106 cm³/mol. The Morgan fingerprint density at radius 2 is 1.68 bits per heavy atom. The van der Waals surface area contributed by atoms with Crippen LogP contribution in [0, 0.1) is 5.82 Å². The van der Waals surface area contributed by atoms with Crippen LogP contribution in [-0.4, -0.2) is 9.55 Å². The van der Waals surface area contributed by atoms with Gasteiger partial charge in [0, 0.05) is 17.7 Å². The van der Waals surface area contributed by atoms with E-state index >= 15 is 0 Å². The molecule has 6 heteroatoms. The van der Waals surface area contributed by atoms with E-state index in [9.17, 15) is 14.0 Å². The number of ether oxygens (including phenoxy) is 1. The normalized spacial score (nSPS) is 11.1. The third kappa shape index (κ3) is 4.64. The van der Waals surface area contributed by atoms with Gasteiger partial charge in [-0.05, 0) is 29.2 Å². The van der Waals surface area contributed by atoms with Gasteiger partial charge in [0.1, 0.15) is 12.5 Å². The molecular weight excluding hydrogens is 359 g/mol. The highest BCUT2D eigenvalue weighted by Gasteiger charge is 2.18. The first kappa shape index (κ1) is 19.8. The van der Waals surface area contributed by atoms with Crippen molar-refractivity contribution in [1.82, 2.24) is 9.55 Å². The summed E-state index contributed by atoms with van der Waals surface area (Å²) < 4.78 is 20.4. The van der Waals surface area contributed by atoms with E-state index < -0.39 is 11.2 Å². The molecule has 2 aromatic carbocycles. The fraction of sp³-hybridized carbons (Fsp3) is 0.273. The largest absolute Gasteiger partial charge is 0.356 e. The molecule has 0 saturated heterocycles. The number of benzene rings is 2. The Labute approximate surface area is 162 Å². The minimum atomic E-state index is -0.514. The number of nitrogens with one attached hydrogen (secondary N) is 1. The van der Waals surface area contributed by atoms with Gasteiger partial charge in [0.2, 0.25) is 0 Å². The summed E-state index contributed by atoms with van der Waals surface area (Å²) in [7, 11) is 0. The lowest BCUT2D eigenvalue weighted by molar-refractivity contribution is 0.0588. The van der Waals surface area contributed by atoms with Gasteiger partial charge < -0.3 is 4.74 Å². The van der Waals surface area contributed by atoms with Gasteiger partial charge in [-0.25, -0.2) is 9.18 Å². The third-order valence-corrected chi connectivity index (χ3v) is 4.54. The highest BCUT2D eigenvalue weighted by Crippen LogP contribution is 2.18. The van der Waals surface area contributed by atoms with Crippen LogP contribution in [0.3, 0.4) is 0 Å². The molecule has 1 N–H and O–H groups in total. The molecule has 3 aromatic rings. The van der Waals surface area contributed by atoms with Gasteiger partial charge in [-0.3, -0.25) is 14.3 Å². The molecule has 0 bridgehead atoms. The predicted octanol–water partition coefficient (Wildman–Crippen LogP) is 3.56. The van der Waals surface area contributed by atoms with Crippen molar-refractivity contribution in [3.05, 3.63) is 104 Å². The average Bonchev–Trinajstić information content (AvgIpc) is 2.66. The Balaban J connectivity index is 1.95. The van der Waals surface area contributed by atoms with Crippen LogP contribution in [0.2, 0.25) is 0 Å². The van der Waals surface area contributed by atoms with E-state index in [1.165, 1.54) is 16.7 Å². The van der Waals surface area contributed by atoms with Gasteiger partial charge in [-0.2, -0.15) is 0 Å². The van der Waals surface area contributed by atoms with Gasteiger partial charge in [0.15, 0.2) is 0 Å². The van der Waals surface area contributed by atoms with Gasteiger partial charge in [-0.1, -0.05) is 56.3 Å². The second kappa shape index (κ2) is 8.80. The Morgan fingerprint density at radius 3 is 2.32 bits per heavy atom. The molecule has 1 aromatic heterocycles. The molecule has 0 amide bonds. The summed E-state index contributed by atoms with van der Waals surface area (Å²) in [5, 5.41) is 0. The smallest absolute Gasteiger partial charge is 0.330 e. The molecule has 5 nitrogen and oxygen atoms in total. The van der Waals surface area contributed by atoms with Gasteiger partial charge in [0.05, 0.1) is 6.61 Å². The van der Waals surface area contributed by atoms with Crippen molar-refractivity contribution in [2.45, 2.75) is 39.5 Å². The first-order chi connectivity index (χ1) is 13.5. The minimum Gasteiger partial charge on any atom is -0.356 e. The summed E-state index contributed by atoms with van der Waals surface area (Å²) in [5.41, 5.74) is 2.01. The lowest BCUT2D eigenvalue weighted by atomic mass is 9.98. The van der Waals surface area contributed by atoms with Crippen molar-refractivity contribution in [2.24, 2.45) is 0 Å². The number of nitrogens with zero attached hydrogens (tertiary/aromatic N) is 1. The van der Waals surface area contributed by atoms with Crippen LogP contribution in [0.15, 0.2) is 64.2 Å². The summed E-state index contributed by atoms with van der Waals surface area (Å²) in [6, 6.07) is 15.7. The molecule has 146 valence electrons. The molecule has 0 unspecified atom stereocenters. The number of H-pyrrole nitrogens is 1. The van der Waals surface area contributed by atoms with Crippen molar-refractivity contribution >= 4 is 0 Å². The average molecular weight is 382 g/mol.